The molecule has 4 nitrogen and oxygen atoms in total. The van der Waals surface area contributed by atoms with Crippen molar-refractivity contribution in [1.82, 2.24) is 14.9 Å². The van der Waals surface area contributed by atoms with Crippen LogP contribution in [0.5, 0.6) is 0 Å². The highest BCUT2D eigenvalue weighted by Crippen LogP contribution is 2.08. The van der Waals surface area contributed by atoms with Gasteiger partial charge < -0.3 is 15.0 Å². The van der Waals surface area contributed by atoms with Gasteiger partial charge >= 0.3 is 0 Å². The van der Waals surface area contributed by atoms with E-state index in [4.69, 9.17) is 0 Å². The standard InChI is InChI=1S/C12H23N3O/c1-4-11(16)6-5-7-13-10(2)12-14-8-9-15(12)3/h8-11,13,16H,4-7H2,1-3H3. The maximum Gasteiger partial charge on any atom is 0.125 e. The van der Waals surface area contributed by atoms with Gasteiger partial charge in [0, 0.05) is 19.4 Å². The third kappa shape index (κ3) is 3.94. The molecule has 2 N–H and O–H groups in total. The lowest BCUT2D eigenvalue weighted by molar-refractivity contribution is 0.157. The molecule has 0 aliphatic rings. The van der Waals surface area contributed by atoms with E-state index in [1.54, 1.807) is 0 Å². The third-order valence-electron chi connectivity index (χ3n) is 2.88. The summed E-state index contributed by atoms with van der Waals surface area (Å²) in [6.07, 6.45) is 6.34. The first-order valence-electron chi connectivity index (χ1n) is 6.03. The predicted octanol–water partition coefficient (Wildman–Crippen LogP) is 1.62. The average molecular weight is 225 g/mol. The summed E-state index contributed by atoms with van der Waals surface area (Å²) in [5.41, 5.74) is 0. The molecule has 2 atom stereocenters. The van der Waals surface area contributed by atoms with Crippen molar-refractivity contribution >= 4 is 0 Å². The quantitative estimate of drug-likeness (QED) is 0.693. The minimum Gasteiger partial charge on any atom is -0.393 e. The monoisotopic (exact) mass is 225 g/mol. The first kappa shape index (κ1) is 13.2. The highest BCUT2D eigenvalue weighted by atomic mass is 16.3. The normalized spacial score (nSPS) is 15.0. The summed E-state index contributed by atoms with van der Waals surface area (Å²) in [6, 6.07) is 0.263. The molecule has 2 unspecified atom stereocenters. The smallest absolute Gasteiger partial charge is 0.125 e. The van der Waals surface area contributed by atoms with Gasteiger partial charge in [-0.1, -0.05) is 6.92 Å². The molecule has 0 amide bonds. The Bertz CT molecular complexity index is 298. The molecule has 0 saturated heterocycles. The van der Waals surface area contributed by atoms with Crippen molar-refractivity contribution in [2.24, 2.45) is 7.05 Å². The lowest BCUT2D eigenvalue weighted by Crippen LogP contribution is -2.23. The first-order chi connectivity index (χ1) is 7.65. The number of aromatic nitrogens is 2. The van der Waals surface area contributed by atoms with Crippen LogP contribution in [-0.2, 0) is 7.05 Å². The van der Waals surface area contributed by atoms with E-state index in [1.807, 2.05) is 30.9 Å². The Labute approximate surface area is 97.7 Å². The van der Waals surface area contributed by atoms with E-state index in [0.29, 0.717) is 0 Å². The number of rotatable bonds is 7. The molecule has 1 heterocycles. The molecule has 0 spiro atoms. The van der Waals surface area contributed by atoms with Crippen LogP contribution >= 0.6 is 0 Å². The minimum atomic E-state index is -0.148. The van der Waals surface area contributed by atoms with Gasteiger partial charge in [0.1, 0.15) is 5.82 Å². The zero-order valence-corrected chi connectivity index (χ0v) is 10.5. The molecule has 1 rings (SSSR count). The Morgan fingerprint density at radius 3 is 2.88 bits per heavy atom. The van der Waals surface area contributed by atoms with Gasteiger partial charge in [0.05, 0.1) is 12.1 Å². The summed E-state index contributed by atoms with van der Waals surface area (Å²) in [7, 11) is 2.00. The Kier molecular flexibility index (Phi) is 5.49. The molecule has 1 aromatic heterocycles. The minimum absolute atomic E-state index is 0.148. The van der Waals surface area contributed by atoms with Crippen LogP contribution in [0.2, 0.25) is 0 Å². The molecule has 0 bridgehead atoms. The first-order valence-corrected chi connectivity index (χ1v) is 6.03. The lowest BCUT2D eigenvalue weighted by atomic mass is 10.1. The summed E-state index contributed by atoms with van der Waals surface area (Å²) in [5, 5.41) is 12.8. The molecule has 0 aliphatic carbocycles. The van der Waals surface area contributed by atoms with Crippen LogP contribution in [0.25, 0.3) is 0 Å². The van der Waals surface area contributed by atoms with Crippen molar-refractivity contribution in [2.45, 2.75) is 45.3 Å². The van der Waals surface area contributed by atoms with Crippen LogP contribution in [0.4, 0.5) is 0 Å². The van der Waals surface area contributed by atoms with E-state index >= 15 is 0 Å². The molecule has 0 radical (unpaired) electrons. The molecule has 16 heavy (non-hydrogen) atoms. The zero-order valence-electron chi connectivity index (χ0n) is 10.5. The van der Waals surface area contributed by atoms with E-state index in [9.17, 15) is 5.11 Å². The van der Waals surface area contributed by atoms with Crippen LogP contribution < -0.4 is 5.32 Å². The van der Waals surface area contributed by atoms with E-state index in [1.165, 1.54) is 0 Å². The highest BCUT2D eigenvalue weighted by Gasteiger charge is 2.09. The molecule has 1 aromatic rings. The zero-order chi connectivity index (χ0) is 12.0. The highest BCUT2D eigenvalue weighted by molar-refractivity contribution is 4.96. The number of aliphatic hydroxyl groups is 1. The van der Waals surface area contributed by atoms with Gasteiger partial charge in [-0.05, 0) is 32.7 Å². The Hall–Kier alpha value is -0.870. The predicted molar refractivity (Wildman–Crippen MR) is 65.2 cm³/mol. The summed E-state index contributed by atoms with van der Waals surface area (Å²) in [6.45, 7) is 5.04. The van der Waals surface area contributed by atoms with E-state index in [-0.39, 0.29) is 12.1 Å². The van der Waals surface area contributed by atoms with E-state index in [0.717, 1.165) is 31.6 Å². The van der Waals surface area contributed by atoms with Crippen molar-refractivity contribution in [3.05, 3.63) is 18.2 Å². The number of aryl methyl sites for hydroxylation is 1. The second-order valence-electron chi connectivity index (χ2n) is 4.28. The topological polar surface area (TPSA) is 50.1 Å². The van der Waals surface area contributed by atoms with E-state index < -0.39 is 0 Å². The van der Waals surface area contributed by atoms with Gasteiger partial charge in [0.15, 0.2) is 0 Å². The van der Waals surface area contributed by atoms with Crippen LogP contribution in [0.1, 0.15) is 45.0 Å². The van der Waals surface area contributed by atoms with Crippen LogP contribution in [0.3, 0.4) is 0 Å². The summed E-state index contributed by atoms with van der Waals surface area (Å²) in [5.74, 6) is 1.05. The molecular formula is C12H23N3O. The maximum atomic E-state index is 9.41. The van der Waals surface area contributed by atoms with Crippen LogP contribution in [0.15, 0.2) is 12.4 Å². The largest absolute Gasteiger partial charge is 0.393 e. The number of imidazole rings is 1. The average Bonchev–Trinajstić information content (AvgIpc) is 2.70. The van der Waals surface area contributed by atoms with Crippen molar-refractivity contribution in [2.75, 3.05) is 6.54 Å². The van der Waals surface area contributed by atoms with Gasteiger partial charge in [-0.15, -0.1) is 0 Å². The Morgan fingerprint density at radius 2 is 2.31 bits per heavy atom. The summed E-state index contributed by atoms with van der Waals surface area (Å²) >= 11 is 0. The van der Waals surface area contributed by atoms with E-state index in [2.05, 4.69) is 17.2 Å². The Balaban J connectivity index is 2.21. The van der Waals surface area contributed by atoms with Crippen LogP contribution in [0, 0.1) is 0 Å². The molecule has 4 heteroatoms. The second-order valence-corrected chi connectivity index (χ2v) is 4.28. The molecular weight excluding hydrogens is 202 g/mol. The second kappa shape index (κ2) is 6.66. The number of nitrogens with zero attached hydrogens (tertiary/aromatic N) is 2. The maximum absolute atomic E-state index is 9.41. The van der Waals surface area contributed by atoms with Gasteiger partial charge in [-0.2, -0.15) is 0 Å². The van der Waals surface area contributed by atoms with Gasteiger partial charge in [-0.3, -0.25) is 0 Å². The summed E-state index contributed by atoms with van der Waals surface area (Å²) < 4.78 is 2.03. The van der Waals surface area contributed by atoms with Gasteiger partial charge in [0.25, 0.3) is 0 Å². The number of hydrogen-bond donors (Lipinski definition) is 2. The number of nitrogens with one attached hydrogen (secondary N) is 1. The van der Waals surface area contributed by atoms with Crippen molar-refractivity contribution < 1.29 is 5.11 Å². The Morgan fingerprint density at radius 1 is 1.56 bits per heavy atom. The molecule has 0 aromatic carbocycles. The lowest BCUT2D eigenvalue weighted by Gasteiger charge is -2.14. The molecule has 0 fully saturated rings. The fourth-order valence-electron chi connectivity index (χ4n) is 1.75. The van der Waals surface area contributed by atoms with Crippen LogP contribution in [-0.4, -0.2) is 27.3 Å². The van der Waals surface area contributed by atoms with Gasteiger partial charge in [-0.25, -0.2) is 4.98 Å². The van der Waals surface area contributed by atoms with Crippen molar-refractivity contribution in [1.29, 1.82) is 0 Å². The SMILES string of the molecule is CCC(O)CCCNC(C)c1nccn1C. The fourth-order valence-corrected chi connectivity index (χ4v) is 1.75. The summed E-state index contributed by atoms with van der Waals surface area (Å²) in [4.78, 5) is 4.30. The van der Waals surface area contributed by atoms with Gasteiger partial charge in [0.2, 0.25) is 0 Å². The van der Waals surface area contributed by atoms with Crippen molar-refractivity contribution in [3.63, 3.8) is 0 Å². The molecule has 0 saturated carbocycles. The fraction of sp³-hybridized carbons (Fsp3) is 0.750. The third-order valence-corrected chi connectivity index (χ3v) is 2.88. The molecule has 0 aliphatic heterocycles. The number of hydrogen-bond acceptors (Lipinski definition) is 3. The van der Waals surface area contributed by atoms with Crippen molar-refractivity contribution in [3.8, 4) is 0 Å². The molecule has 92 valence electrons. The number of aliphatic hydroxyl groups excluding tert-OH is 1.